The molecule has 0 bridgehead atoms. The van der Waals surface area contributed by atoms with Crippen LogP contribution in [-0.4, -0.2) is 79.7 Å². The molecule has 22 aromatic rings. The number of pyridine rings is 2. The lowest BCUT2D eigenvalue weighted by molar-refractivity contribution is 0.668. The third-order valence-corrected chi connectivity index (χ3v) is 19.1. The Morgan fingerprint density at radius 1 is 0.195 bits per heavy atom. The first kappa shape index (κ1) is 96.2. The average molecular weight is 1710 g/mol. The largest absolute Gasteiger partial charge is 0.456 e. The maximum atomic E-state index is 5.96. The van der Waals surface area contributed by atoms with Crippen LogP contribution in [0.25, 0.3) is 165 Å². The van der Waals surface area contributed by atoms with Gasteiger partial charge in [-0.25, -0.2) is 69.8 Å². The van der Waals surface area contributed by atoms with E-state index in [-0.39, 0.29) is 0 Å². The van der Waals surface area contributed by atoms with Crippen molar-refractivity contribution in [1.82, 2.24) is 79.7 Å². The predicted molar refractivity (Wildman–Crippen MR) is 534 cm³/mol. The zero-order chi connectivity index (χ0) is 90.9. The van der Waals surface area contributed by atoms with Crippen LogP contribution in [0.15, 0.2) is 393 Å². The van der Waals surface area contributed by atoms with Crippen molar-refractivity contribution in [2.24, 2.45) is 0 Å². The van der Waals surface area contributed by atoms with Crippen molar-refractivity contribution in [2.45, 2.75) is 104 Å². The van der Waals surface area contributed by atoms with Crippen LogP contribution >= 0.6 is 11.3 Å². The van der Waals surface area contributed by atoms with Gasteiger partial charge in [0, 0.05) is 118 Å². The standard InChI is InChI=1S/C23H15N3.C21H13N3O.C21H13N3S.C16H11N3O.2C5H5N.C4H4N2.7C2H6/c1-3-7-18-13-20(11-9-16(18)5-1)22-24-15-25-23(26-22)21-12-10-17-6-2-4-8-19(17)14-21;2*1-2-6-14(7-3-1)20-22-13-23-21(24-20)15-10-11-17-16-8-4-5-9-18(16)25-19(17)12-15;1-10-17-9-18-16(19-10)11-6-7-13-12-4-2-3-5-14(12)20-15(13)8-11;2*1-2-4-6-5-3-1;1-2-5-4-6-3-1;7*1-2/h1-15H;2*1-13H;2-9H,1H3;2*1-5H;1-4H;7*1-2H3. The van der Waals surface area contributed by atoms with E-state index in [2.05, 4.69) is 202 Å². The summed E-state index contributed by atoms with van der Waals surface area (Å²) >= 11 is 1.80. The minimum Gasteiger partial charge on any atom is -0.456 e. The lowest BCUT2D eigenvalue weighted by Gasteiger charge is -2.06. The number of hydrogen-bond acceptors (Lipinski definition) is 19. The molecular weight excluding hydrogens is 1600 g/mol. The average Bonchev–Trinajstić information content (AvgIpc) is 1.65. The molecule has 0 aliphatic heterocycles. The van der Waals surface area contributed by atoms with E-state index in [0.717, 1.165) is 82.8 Å². The molecule has 0 aliphatic rings. The van der Waals surface area contributed by atoms with Crippen molar-refractivity contribution in [3.63, 3.8) is 0 Å². The van der Waals surface area contributed by atoms with Crippen molar-refractivity contribution in [3.05, 3.63) is 390 Å². The number of furan rings is 2. The highest BCUT2D eigenvalue weighted by molar-refractivity contribution is 7.25. The number of rotatable bonds is 7. The molecule has 0 fully saturated rings. The number of aromatic nitrogens is 16. The van der Waals surface area contributed by atoms with E-state index in [4.69, 9.17) is 13.8 Å². The van der Waals surface area contributed by atoms with Crippen molar-refractivity contribution in [3.8, 4) is 79.7 Å². The number of thiophene rings is 1. The summed E-state index contributed by atoms with van der Waals surface area (Å²) in [6.07, 6.45) is 18.1. The highest BCUT2D eigenvalue weighted by Crippen LogP contribution is 2.37. The Morgan fingerprint density at radius 3 is 0.867 bits per heavy atom. The van der Waals surface area contributed by atoms with Crippen LogP contribution in [0.3, 0.4) is 0 Å². The number of benzene rings is 12. The van der Waals surface area contributed by atoms with E-state index in [0.29, 0.717) is 46.6 Å². The maximum absolute atomic E-state index is 5.96. The van der Waals surface area contributed by atoms with E-state index < -0.39 is 0 Å². The van der Waals surface area contributed by atoms with Gasteiger partial charge in [-0.1, -0.05) is 321 Å². The third kappa shape index (κ3) is 26.7. The zero-order valence-corrected chi connectivity index (χ0v) is 76.1. The Kier molecular flexibility index (Phi) is 40.2. The Balaban J connectivity index is 0.000000173. The first-order valence-corrected chi connectivity index (χ1v) is 44.2. The summed E-state index contributed by atoms with van der Waals surface area (Å²) in [5.41, 5.74) is 10.3. The molecule has 0 amide bonds. The molecule has 10 heterocycles. The lowest BCUT2D eigenvalue weighted by atomic mass is 10.1. The Morgan fingerprint density at radius 2 is 0.492 bits per heavy atom. The molecule has 18 nitrogen and oxygen atoms in total. The first-order valence-electron chi connectivity index (χ1n) is 43.4. The highest BCUT2D eigenvalue weighted by atomic mass is 32.1. The van der Waals surface area contributed by atoms with Gasteiger partial charge in [0.2, 0.25) is 0 Å². The van der Waals surface area contributed by atoms with Crippen molar-refractivity contribution in [2.75, 3.05) is 0 Å². The molecule has 22 rings (SSSR count). The zero-order valence-electron chi connectivity index (χ0n) is 75.3. The Bertz CT molecular complexity index is 6490. The maximum Gasteiger partial charge on any atom is 0.163 e. The van der Waals surface area contributed by atoms with Gasteiger partial charge in [-0.3, -0.25) is 9.97 Å². The van der Waals surface area contributed by atoms with Gasteiger partial charge in [0.15, 0.2) is 40.8 Å². The van der Waals surface area contributed by atoms with Crippen molar-refractivity contribution >= 4 is 96.9 Å². The van der Waals surface area contributed by atoms with Crippen LogP contribution in [0.4, 0.5) is 0 Å². The number of nitrogens with zero attached hydrogens (tertiary/aromatic N) is 16. The number of para-hydroxylation sites is 2. The second kappa shape index (κ2) is 53.4. The molecule has 19 heteroatoms. The minimum absolute atomic E-state index is 0.635. The monoisotopic (exact) mass is 1700 g/mol. The van der Waals surface area contributed by atoms with Crippen molar-refractivity contribution < 1.29 is 8.83 Å². The van der Waals surface area contributed by atoms with Gasteiger partial charge in [0.1, 0.15) is 59.8 Å². The fraction of sp³-hybridized carbons (Fsp3) is 0.138. The van der Waals surface area contributed by atoms with Gasteiger partial charge in [-0.15, -0.1) is 11.3 Å². The van der Waals surface area contributed by atoms with E-state index >= 15 is 0 Å². The van der Waals surface area contributed by atoms with Crippen LogP contribution in [0.5, 0.6) is 0 Å². The van der Waals surface area contributed by atoms with Gasteiger partial charge in [0.05, 0.1) is 0 Å². The normalized spacial score (nSPS) is 9.84. The fourth-order valence-corrected chi connectivity index (χ4v) is 13.7. The van der Waals surface area contributed by atoms with E-state index in [1.807, 2.05) is 286 Å². The van der Waals surface area contributed by atoms with Crippen LogP contribution in [0.1, 0.15) is 103 Å². The SMILES string of the molecule is CC.CC.CC.CC.CC.CC.CC.Cc1ncnc(-c2ccc3c(c2)oc2ccccc23)n1.c1ccc(-c2ncnc(-c3ccc4c(c3)oc3ccccc34)n2)cc1.c1ccc(-c2ncnc(-c3ccc4c(c3)sc3ccccc34)n2)cc1.c1ccc2cc(-c3ncnc(-c4ccc5ccccc5c4)n3)ccc2c1.c1ccncc1.c1ccncc1.c1cncnc1. The van der Waals surface area contributed by atoms with Gasteiger partial charge in [0.25, 0.3) is 0 Å². The van der Waals surface area contributed by atoms with Crippen molar-refractivity contribution in [1.29, 1.82) is 0 Å². The van der Waals surface area contributed by atoms with Crippen LogP contribution in [0.2, 0.25) is 0 Å². The Labute approximate surface area is 754 Å². The van der Waals surface area contributed by atoms with Gasteiger partial charge >= 0.3 is 0 Å². The molecule has 0 N–H and O–H groups in total. The predicted octanol–water partition coefficient (Wildman–Crippen LogP) is 29.8. The molecule has 10 aromatic heterocycles. The van der Waals surface area contributed by atoms with E-state index in [1.54, 1.807) is 73.6 Å². The summed E-state index contributed by atoms with van der Waals surface area (Å²) < 4.78 is 14.4. The second-order valence-corrected chi connectivity index (χ2v) is 26.6. The summed E-state index contributed by atoms with van der Waals surface area (Å²) in [5.74, 6) is 5.45. The molecule has 0 aliphatic carbocycles. The van der Waals surface area contributed by atoms with Gasteiger partial charge in [-0.2, -0.15) is 0 Å². The molecule has 0 saturated carbocycles. The molecule has 128 heavy (non-hydrogen) atoms. The number of fused-ring (bicyclic) bond motifs is 11. The summed E-state index contributed by atoms with van der Waals surface area (Å²) in [6.45, 7) is 29.9. The van der Waals surface area contributed by atoms with Gasteiger partial charge in [-0.05, 0) is 119 Å². The molecule has 0 radical (unpaired) electrons. The first-order chi connectivity index (χ1) is 63.4. The number of aryl methyl sites for hydroxylation is 1. The van der Waals surface area contributed by atoms with Gasteiger partial charge < -0.3 is 8.83 Å². The topological polar surface area (TPSA) is 233 Å². The van der Waals surface area contributed by atoms with E-state index in [9.17, 15) is 0 Å². The molecular formula is C109H108N16O2S. The molecule has 642 valence electrons. The quantitative estimate of drug-likeness (QED) is 0.144. The van der Waals surface area contributed by atoms with Crippen LogP contribution in [0, 0.1) is 6.92 Å². The number of hydrogen-bond donors (Lipinski definition) is 0. The Hall–Kier alpha value is -15.6. The molecule has 12 aromatic carbocycles. The lowest BCUT2D eigenvalue weighted by Crippen LogP contribution is -1.95. The summed E-state index contributed by atoms with van der Waals surface area (Å²) in [7, 11) is 0. The highest BCUT2D eigenvalue weighted by Gasteiger charge is 2.15. The summed E-state index contributed by atoms with van der Waals surface area (Å²) in [4.78, 5) is 67.5. The van der Waals surface area contributed by atoms with Crippen LogP contribution in [-0.2, 0) is 0 Å². The second-order valence-electron chi connectivity index (χ2n) is 25.5. The fourth-order valence-electron chi connectivity index (χ4n) is 12.5. The molecule has 0 unspecified atom stereocenters. The summed E-state index contributed by atoms with van der Waals surface area (Å²) in [5, 5.41) is 11.8. The summed E-state index contributed by atoms with van der Waals surface area (Å²) in [6, 6.07) is 105. The third-order valence-electron chi connectivity index (χ3n) is 18.0. The smallest absolute Gasteiger partial charge is 0.163 e. The molecule has 0 atom stereocenters. The van der Waals surface area contributed by atoms with E-state index in [1.165, 1.54) is 54.4 Å². The molecule has 0 saturated heterocycles. The molecule has 0 spiro atoms. The minimum atomic E-state index is 0.635. The van der Waals surface area contributed by atoms with Crippen LogP contribution < -0.4 is 0 Å².